The first-order valence-corrected chi connectivity index (χ1v) is 6.96. The van der Waals surface area contributed by atoms with Crippen molar-refractivity contribution in [2.75, 3.05) is 11.9 Å². The number of carboxylic acid groups (broad SMARTS) is 1. The van der Waals surface area contributed by atoms with Crippen molar-refractivity contribution in [1.29, 1.82) is 0 Å². The van der Waals surface area contributed by atoms with Crippen LogP contribution < -0.4 is 5.32 Å². The van der Waals surface area contributed by atoms with Crippen molar-refractivity contribution in [3.63, 3.8) is 0 Å². The summed E-state index contributed by atoms with van der Waals surface area (Å²) in [5, 5.41) is 13.1. The molecule has 0 atom stereocenters. The van der Waals surface area contributed by atoms with Gasteiger partial charge in [0.2, 0.25) is 5.82 Å². The predicted molar refractivity (Wildman–Crippen MR) is 79.1 cm³/mol. The van der Waals surface area contributed by atoms with E-state index in [9.17, 15) is 4.79 Å². The Morgan fingerprint density at radius 2 is 2.00 bits per heavy atom. The number of unbranched alkanes of at least 4 members (excludes halogenated alkanes) is 3. The standard InChI is InChI=1S/C15H19N3O2/c1-2-3-4-7-10-16-13-11-8-5-6-9-12(11)17-14(18-13)15(19)20/h5-6,8-9H,2-4,7,10H2,1H3,(H,19,20)(H,16,17,18). The van der Waals surface area contributed by atoms with Gasteiger partial charge in [0.25, 0.3) is 0 Å². The summed E-state index contributed by atoms with van der Waals surface area (Å²) in [5.41, 5.74) is 0.649. The molecule has 2 aromatic rings. The number of fused-ring (bicyclic) bond motifs is 1. The number of aromatic carboxylic acids is 1. The van der Waals surface area contributed by atoms with E-state index in [0.717, 1.165) is 24.8 Å². The van der Waals surface area contributed by atoms with Crippen molar-refractivity contribution in [3.05, 3.63) is 30.1 Å². The smallest absolute Gasteiger partial charge is 0.374 e. The van der Waals surface area contributed by atoms with Gasteiger partial charge in [0.1, 0.15) is 5.82 Å². The number of benzene rings is 1. The lowest BCUT2D eigenvalue weighted by Gasteiger charge is -2.09. The lowest BCUT2D eigenvalue weighted by atomic mass is 10.2. The molecule has 2 rings (SSSR count). The van der Waals surface area contributed by atoms with Gasteiger partial charge < -0.3 is 10.4 Å². The van der Waals surface area contributed by atoms with E-state index in [0.29, 0.717) is 11.3 Å². The molecule has 1 heterocycles. The summed E-state index contributed by atoms with van der Waals surface area (Å²) in [6, 6.07) is 7.43. The molecular weight excluding hydrogens is 254 g/mol. The molecule has 0 fully saturated rings. The number of nitrogens with one attached hydrogen (secondary N) is 1. The third-order valence-corrected chi connectivity index (χ3v) is 3.12. The molecule has 1 aromatic heterocycles. The maximum absolute atomic E-state index is 11.1. The number of hydrogen-bond donors (Lipinski definition) is 2. The Hall–Kier alpha value is -2.17. The average molecular weight is 273 g/mol. The van der Waals surface area contributed by atoms with Crippen molar-refractivity contribution < 1.29 is 9.90 Å². The van der Waals surface area contributed by atoms with E-state index in [-0.39, 0.29) is 5.82 Å². The van der Waals surface area contributed by atoms with E-state index in [1.54, 1.807) is 6.07 Å². The number of anilines is 1. The highest BCUT2D eigenvalue weighted by molar-refractivity contribution is 5.93. The molecule has 0 radical (unpaired) electrons. The molecule has 1 aromatic carbocycles. The Morgan fingerprint density at radius 3 is 2.75 bits per heavy atom. The molecule has 0 amide bonds. The van der Waals surface area contributed by atoms with Crippen molar-refractivity contribution >= 4 is 22.7 Å². The molecule has 2 N–H and O–H groups in total. The van der Waals surface area contributed by atoms with Crippen LogP contribution >= 0.6 is 0 Å². The number of para-hydroxylation sites is 1. The van der Waals surface area contributed by atoms with Gasteiger partial charge in [-0.25, -0.2) is 14.8 Å². The van der Waals surface area contributed by atoms with Gasteiger partial charge in [-0.2, -0.15) is 0 Å². The Morgan fingerprint density at radius 1 is 1.20 bits per heavy atom. The van der Waals surface area contributed by atoms with Crippen molar-refractivity contribution in [2.24, 2.45) is 0 Å². The van der Waals surface area contributed by atoms with Crippen LogP contribution in [0.4, 0.5) is 5.82 Å². The number of carboxylic acids is 1. The molecular formula is C15H19N3O2. The summed E-state index contributed by atoms with van der Waals surface area (Å²) in [6.45, 7) is 2.96. The molecule has 0 aliphatic carbocycles. The molecule has 20 heavy (non-hydrogen) atoms. The highest BCUT2D eigenvalue weighted by Crippen LogP contribution is 2.20. The lowest BCUT2D eigenvalue weighted by Crippen LogP contribution is -2.10. The summed E-state index contributed by atoms with van der Waals surface area (Å²) in [4.78, 5) is 19.2. The Bertz CT molecular complexity index is 599. The first-order chi connectivity index (χ1) is 9.72. The summed E-state index contributed by atoms with van der Waals surface area (Å²) in [6.07, 6.45) is 4.62. The molecule has 5 nitrogen and oxygen atoms in total. The molecule has 0 aliphatic heterocycles. The number of carbonyl (C=O) groups is 1. The van der Waals surface area contributed by atoms with Gasteiger partial charge >= 0.3 is 5.97 Å². The number of hydrogen-bond acceptors (Lipinski definition) is 4. The van der Waals surface area contributed by atoms with Crippen LogP contribution in [-0.2, 0) is 0 Å². The van der Waals surface area contributed by atoms with Gasteiger partial charge in [0.15, 0.2) is 0 Å². The molecule has 0 bridgehead atoms. The van der Waals surface area contributed by atoms with E-state index in [4.69, 9.17) is 5.11 Å². The first-order valence-electron chi connectivity index (χ1n) is 6.96. The lowest BCUT2D eigenvalue weighted by molar-refractivity contribution is 0.0684. The third kappa shape index (κ3) is 3.44. The summed E-state index contributed by atoms with van der Waals surface area (Å²) in [7, 11) is 0. The summed E-state index contributed by atoms with van der Waals surface area (Å²) < 4.78 is 0. The van der Waals surface area contributed by atoms with Gasteiger partial charge in [-0.05, 0) is 18.6 Å². The molecule has 0 saturated carbocycles. The second-order valence-corrected chi connectivity index (χ2v) is 4.71. The fourth-order valence-corrected chi connectivity index (χ4v) is 2.07. The minimum atomic E-state index is -1.11. The van der Waals surface area contributed by atoms with Gasteiger partial charge in [-0.3, -0.25) is 0 Å². The van der Waals surface area contributed by atoms with Gasteiger partial charge in [-0.15, -0.1) is 0 Å². The van der Waals surface area contributed by atoms with Crippen LogP contribution in [0.1, 0.15) is 43.2 Å². The normalized spacial score (nSPS) is 10.7. The average Bonchev–Trinajstić information content (AvgIpc) is 2.46. The van der Waals surface area contributed by atoms with Crippen LogP contribution in [0.5, 0.6) is 0 Å². The molecule has 0 spiro atoms. The number of aromatic nitrogens is 2. The highest BCUT2D eigenvalue weighted by atomic mass is 16.4. The van der Waals surface area contributed by atoms with Crippen LogP contribution in [0.25, 0.3) is 10.9 Å². The molecule has 106 valence electrons. The number of rotatable bonds is 7. The fraction of sp³-hybridized carbons (Fsp3) is 0.400. The van der Waals surface area contributed by atoms with Crippen molar-refractivity contribution in [3.8, 4) is 0 Å². The van der Waals surface area contributed by atoms with Crippen molar-refractivity contribution in [1.82, 2.24) is 9.97 Å². The Labute approximate surface area is 118 Å². The fourth-order valence-electron chi connectivity index (χ4n) is 2.07. The van der Waals surface area contributed by atoms with Crippen LogP contribution in [0.2, 0.25) is 0 Å². The Kier molecular flexibility index (Phi) is 4.87. The Balaban J connectivity index is 2.19. The monoisotopic (exact) mass is 273 g/mol. The molecule has 5 heteroatoms. The van der Waals surface area contributed by atoms with E-state index in [1.807, 2.05) is 18.2 Å². The van der Waals surface area contributed by atoms with Crippen LogP contribution in [0, 0.1) is 0 Å². The zero-order valence-corrected chi connectivity index (χ0v) is 11.6. The SMILES string of the molecule is CCCCCCNc1nc(C(=O)O)nc2ccccc12. The first kappa shape index (κ1) is 14.2. The highest BCUT2D eigenvalue weighted by Gasteiger charge is 2.11. The van der Waals surface area contributed by atoms with E-state index < -0.39 is 5.97 Å². The summed E-state index contributed by atoms with van der Waals surface area (Å²) >= 11 is 0. The van der Waals surface area contributed by atoms with Gasteiger partial charge in [0.05, 0.1) is 5.52 Å². The zero-order chi connectivity index (χ0) is 14.4. The van der Waals surface area contributed by atoms with Crippen LogP contribution in [-0.4, -0.2) is 27.6 Å². The van der Waals surface area contributed by atoms with Crippen LogP contribution in [0.15, 0.2) is 24.3 Å². The molecule has 0 saturated heterocycles. The zero-order valence-electron chi connectivity index (χ0n) is 11.6. The predicted octanol–water partition coefficient (Wildman–Crippen LogP) is 3.32. The van der Waals surface area contributed by atoms with E-state index >= 15 is 0 Å². The minimum absolute atomic E-state index is 0.167. The minimum Gasteiger partial charge on any atom is -0.475 e. The second kappa shape index (κ2) is 6.84. The number of nitrogens with zero attached hydrogens (tertiary/aromatic N) is 2. The van der Waals surface area contributed by atoms with E-state index in [2.05, 4.69) is 22.2 Å². The van der Waals surface area contributed by atoms with Crippen LogP contribution in [0.3, 0.4) is 0 Å². The maximum Gasteiger partial charge on any atom is 0.374 e. The van der Waals surface area contributed by atoms with E-state index in [1.165, 1.54) is 12.8 Å². The maximum atomic E-state index is 11.1. The third-order valence-electron chi connectivity index (χ3n) is 3.12. The molecule has 0 aliphatic rings. The topological polar surface area (TPSA) is 75.1 Å². The largest absolute Gasteiger partial charge is 0.475 e. The quantitative estimate of drug-likeness (QED) is 0.757. The van der Waals surface area contributed by atoms with Gasteiger partial charge in [-0.1, -0.05) is 38.3 Å². The second-order valence-electron chi connectivity index (χ2n) is 4.71. The molecule has 0 unspecified atom stereocenters. The summed E-state index contributed by atoms with van der Waals surface area (Å²) in [5.74, 6) is -0.672. The van der Waals surface area contributed by atoms with Crippen molar-refractivity contribution in [2.45, 2.75) is 32.6 Å². The van der Waals surface area contributed by atoms with Gasteiger partial charge in [0, 0.05) is 11.9 Å².